The predicted octanol–water partition coefficient (Wildman–Crippen LogP) is -2.44. The Labute approximate surface area is 375 Å². The number of carbonyl (C=O) groups is 10. The first-order valence-corrected chi connectivity index (χ1v) is 22.3. The van der Waals surface area contributed by atoms with Crippen LogP contribution in [0.2, 0.25) is 0 Å². The first kappa shape index (κ1) is 54.8. The third kappa shape index (κ3) is 17.0. The number of likely N-dealkylation sites (tertiary alicyclic amines) is 2. The molecule has 64 heavy (non-hydrogen) atoms. The molecule has 22 heteroatoms. The molecule has 2 aliphatic heterocycles. The smallest absolute Gasteiger partial charge is 0.326 e. The zero-order valence-electron chi connectivity index (χ0n) is 38.6. The predicted molar refractivity (Wildman–Crippen MR) is 234 cm³/mol. The molecule has 2 saturated heterocycles. The highest BCUT2D eigenvalue weighted by atomic mass is 16.4. The Morgan fingerprint density at radius 1 is 0.609 bits per heavy atom. The van der Waals surface area contributed by atoms with Gasteiger partial charge in [0.15, 0.2) is 0 Å². The van der Waals surface area contributed by atoms with Crippen molar-refractivity contribution >= 4 is 59.1 Å². The number of nitrogens with zero attached hydrogens (tertiary/aromatic N) is 2. The van der Waals surface area contributed by atoms with Crippen LogP contribution in [0.25, 0.3) is 0 Å². The largest absolute Gasteiger partial charge is 0.480 e. The lowest BCUT2D eigenvalue weighted by molar-refractivity contribution is -0.143. The summed E-state index contributed by atoms with van der Waals surface area (Å²) in [5, 5.41) is 27.5. The standard InChI is InChI=1S/C42H73N11O11/c1-22(2)19-28(36(57)49-27(42(63)64)13-9-10-16-43)50-35(56)25(7)48-38(59)30-15-12-18-53(30)41(62)34(24(5)6)51-32(55)21-45-37(58)29-14-11-17-52(29)40(61)26(8)47-31(54)20-46-39(60)33(44)23(3)4/h22-30,33-34H,9-21,43-44H2,1-8H3,(H,45,58)(H,46,60)(H,47,54)(H,48,59)(H,49,57)(H,50,56)(H,51,55)(H,63,64)/t25-,26-,27-,28-,29-,30-,33-,34-/m0/s1. The molecule has 22 nitrogen and oxygen atoms in total. The van der Waals surface area contributed by atoms with E-state index in [0.717, 1.165) is 0 Å². The lowest BCUT2D eigenvalue weighted by atomic mass is 10.0. The van der Waals surface area contributed by atoms with Crippen molar-refractivity contribution in [1.82, 2.24) is 47.0 Å². The highest BCUT2D eigenvalue weighted by Gasteiger charge is 2.41. The number of amides is 9. The van der Waals surface area contributed by atoms with Gasteiger partial charge in [-0.1, -0.05) is 41.5 Å². The molecule has 2 fully saturated rings. The van der Waals surface area contributed by atoms with Crippen molar-refractivity contribution in [2.75, 3.05) is 32.7 Å². The fourth-order valence-corrected chi connectivity index (χ4v) is 7.40. The molecule has 0 aromatic heterocycles. The molecule has 8 atom stereocenters. The normalized spacial score (nSPS) is 18.9. The van der Waals surface area contributed by atoms with Gasteiger partial charge in [-0.3, -0.25) is 43.2 Å². The molecule has 0 saturated carbocycles. The maximum absolute atomic E-state index is 13.9. The molecule has 0 radical (unpaired) electrons. The first-order chi connectivity index (χ1) is 30.0. The number of nitrogens with two attached hydrogens (primary N) is 2. The Balaban J connectivity index is 1.99. The molecule has 12 N–H and O–H groups in total. The average Bonchev–Trinajstić information content (AvgIpc) is 3.93. The van der Waals surface area contributed by atoms with Gasteiger partial charge in [-0.25, -0.2) is 4.79 Å². The highest BCUT2D eigenvalue weighted by Crippen LogP contribution is 2.21. The van der Waals surface area contributed by atoms with Crippen LogP contribution in [0.4, 0.5) is 0 Å². The maximum Gasteiger partial charge on any atom is 0.326 e. The molecule has 2 rings (SSSR count). The van der Waals surface area contributed by atoms with Crippen molar-refractivity contribution in [3.63, 3.8) is 0 Å². The van der Waals surface area contributed by atoms with Gasteiger partial charge in [-0.05, 0) is 89.5 Å². The number of hydrogen-bond donors (Lipinski definition) is 10. The molecule has 362 valence electrons. The molecule has 0 aliphatic carbocycles. The number of unbranched alkanes of at least 4 members (excludes halogenated alkanes) is 1. The molecular weight excluding hydrogens is 835 g/mol. The summed E-state index contributed by atoms with van der Waals surface area (Å²) >= 11 is 0. The molecular formula is C42H73N11O11. The lowest BCUT2D eigenvalue weighted by Crippen LogP contribution is -2.59. The fourth-order valence-electron chi connectivity index (χ4n) is 7.40. The van der Waals surface area contributed by atoms with E-state index in [9.17, 15) is 53.1 Å². The van der Waals surface area contributed by atoms with Crippen LogP contribution in [0.1, 0.15) is 107 Å². The molecule has 0 unspecified atom stereocenters. The second-order valence-corrected chi connectivity index (χ2v) is 17.8. The molecule has 0 aromatic carbocycles. The first-order valence-electron chi connectivity index (χ1n) is 22.3. The molecule has 0 spiro atoms. The van der Waals surface area contributed by atoms with Crippen molar-refractivity contribution in [2.24, 2.45) is 29.2 Å². The minimum Gasteiger partial charge on any atom is -0.480 e. The summed E-state index contributed by atoms with van der Waals surface area (Å²) in [6.45, 7) is 13.4. The third-order valence-electron chi connectivity index (χ3n) is 11.2. The summed E-state index contributed by atoms with van der Waals surface area (Å²) in [4.78, 5) is 133. The molecule has 0 bridgehead atoms. The number of aliphatic carboxylic acids is 1. The molecule has 2 heterocycles. The van der Waals surface area contributed by atoms with Crippen molar-refractivity contribution in [1.29, 1.82) is 0 Å². The number of carboxylic acids is 1. The Morgan fingerprint density at radius 2 is 1.16 bits per heavy atom. The van der Waals surface area contributed by atoms with Crippen LogP contribution in [0.5, 0.6) is 0 Å². The number of hydrogen-bond acceptors (Lipinski definition) is 12. The van der Waals surface area contributed by atoms with Crippen molar-refractivity contribution in [2.45, 2.75) is 155 Å². The van der Waals surface area contributed by atoms with Crippen LogP contribution in [0.15, 0.2) is 0 Å². The number of carboxylic acid groups (broad SMARTS) is 1. The topological polar surface area (TPSA) is 334 Å². The summed E-state index contributed by atoms with van der Waals surface area (Å²) in [6, 6.07) is -8.20. The number of nitrogens with one attached hydrogen (secondary N) is 7. The van der Waals surface area contributed by atoms with Crippen LogP contribution in [0.3, 0.4) is 0 Å². The Morgan fingerprint density at radius 3 is 1.70 bits per heavy atom. The second kappa shape index (κ2) is 26.4. The van der Waals surface area contributed by atoms with Gasteiger partial charge in [-0.15, -0.1) is 0 Å². The summed E-state index contributed by atoms with van der Waals surface area (Å²) in [7, 11) is 0. The van der Waals surface area contributed by atoms with E-state index in [-0.39, 0.29) is 44.2 Å². The van der Waals surface area contributed by atoms with Crippen LogP contribution in [-0.2, 0) is 47.9 Å². The van der Waals surface area contributed by atoms with Gasteiger partial charge in [0, 0.05) is 13.1 Å². The van der Waals surface area contributed by atoms with Gasteiger partial charge in [0.1, 0.15) is 42.3 Å². The average molecular weight is 908 g/mol. The molecule has 0 aromatic rings. The fraction of sp³-hybridized carbons (Fsp3) is 0.762. The van der Waals surface area contributed by atoms with Crippen molar-refractivity contribution < 1.29 is 53.1 Å². The minimum absolute atomic E-state index is 0.0563. The van der Waals surface area contributed by atoms with Gasteiger partial charge in [0.2, 0.25) is 53.2 Å². The van der Waals surface area contributed by atoms with Gasteiger partial charge in [0.05, 0.1) is 19.1 Å². The van der Waals surface area contributed by atoms with Crippen molar-refractivity contribution in [3.05, 3.63) is 0 Å². The van der Waals surface area contributed by atoms with E-state index in [1.807, 2.05) is 13.8 Å². The van der Waals surface area contributed by atoms with Gasteiger partial charge in [0.25, 0.3) is 0 Å². The maximum atomic E-state index is 13.9. The number of rotatable bonds is 25. The van der Waals surface area contributed by atoms with E-state index in [1.165, 1.54) is 23.6 Å². The van der Waals surface area contributed by atoms with Crippen LogP contribution in [0, 0.1) is 17.8 Å². The molecule has 2 aliphatic rings. The van der Waals surface area contributed by atoms with Crippen molar-refractivity contribution in [3.8, 4) is 0 Å². The Bertz CT molecular complexity index is 1680. The Kier molecular flexibility index (Phi) is 22.6. The quantitative estimate of drug-likeness (QED) is 0.0427. The Hall–Kier alpha value is -5.38. The van der Waals surface area contributed by atoms with E-state index in [2.05, 4.69) is 37.2 Å². The monoisotopic (exact) mass is 908 g/mol. The van der Waals surface area contributed by atoms with E-state index < -0.39 is 126 Å². The van der Waals surface area contributed by atoms with Crippen LogP contribution >= 0.6 is 0 Å². The van der Waals surface area contributed by atoms with Gasteiger partial charge < -0.3 is 63.6 Å². The summed E-state index contributed by atoms with van der Waals surface area (Å²) in [5.41, 5.74) is 11.3. The van der Waals surface area contributed by atoms with E-state index in [0.29, 0.717) is 38.6 Å². The molecule has 9 amide bonds. The second-order valence-electron chi connectivity index (χ2n) is 17.8. The minimum atomic E-state index is -1.21. The SMILES string of the molecule is CC(C)C[C@H](NC(=O)[C@H](C)NC(=O)[C@@H]1CCCN1C(=O)[C@@H](NC(=O)CNC(=O)[C@@H]1CCCN1C(=O)[C@H](C)NC(=O)CNC(=O)[C@@H](N)C(C)C)C(C)C)C(=O)N[C@@H](CCCCN)C(=O)O. The summed E-state index contributed by atoms with van der Waals surface area (Å²) < 4.78 is 0. The van der Waals surface area contributed by atoms with Gasteiger partial charge >= 0.3 is 5.97 Å². The zero-order valence-corrected chi connectivity index (χ0v) is 38.6. The van der Waals surface area contributed by atoms with E-state index >= 15 is 0 Å². The van der Waals surface area contributed by atoms with E-state index in [4.69, 9.17) is 11.5 Å². The zero-order chi connectivity index (χ0) is 48.4. The van der Waals surface area contributed by atoms with Crippen LogP contribution in [-0.4, -0.2) is 155 Å². The highest BCUT2D eigenvalue weighted by molar-refractivity contribution is 5.98. The van der Waals surface area contributed by atoms with Gasteiger partial charge in [-0.2, -0.15) is 0 Å². The van der Waals surface area contributed by atoms with E-state index in [1.54, 1.807) is 27.7 Å². The van der Waals surface area contributed by atoms with Crippen LogP contribution < -0.4 is 48.7 Å². The number of carbonyl (C=O) groups excluding carboxylic acids is 9. The third-order valence-corrected chi connectivity index (χ3v) is 11.2. The summed E-state index contributed by atoms with van der Waals surface area (Å²) in [5.74, 6) is -7.31. The lowest BCUT2D eigenvalue weighted by Gasteiger charge is -2.31. The summed E-state index contributed by atoms with van der Waals surface area (Å²) in [6.07, 6.45) is 2.98.